The quantitative estimate of drug-likeness (QED) is 0.561. The fraction of sp³-hybridized carbons (Fsp3) is 0.360. The lowest BCUT2D eigenvalue weighted by atomic mass is 9.95. The lowest BCUT2D eigenvalue weighted by Crippen LogP contribution is -2.47. The molecular formula is C25H25F2N5O3. The summed E-state index contributed by atoms with van der Waals surface area (Å²) in [5, 5.41) is 22.4. The van der Waals surface area contributed by atoms with Gasteiger partial charge in [0.25, 0.3) is 11.5 Å². The molecule has 1 unspecified atom stereocenters. The smallest absolute Gasteiger partial charge is 0.337 e. The van der Waals surface area contributed by atoms with E-state index >= 15 is 0 Å². The number of fused-ring (bicyclic) bond motifs is 1. The van der Waals surface area contributed by atoms with Gasteiger partial charge in [-0.25, -0.2) is 18.6 Å². The van der Waals surface area contributed by atoms with Crippen LogP contribution in [0, 0.1) is 24.2 Å². The Labute approximate surface area is 200 Å². The molecule has 1 aromatic carbocycles. The Bertz CT molecular complexity index is 1410. The number of carboxylic acid groups (broad SMARTS) is 1. The number of rotatable bonds is 5. The second-order valence-corrected chi connectivity index (χ2v) is 8.97. The molecule has 0 amide bonds. The number of nitriles is 1. The molecule has 2 atom stereocenters. The number of aromatic carboxylic acids is 1. The zero-order chi connectivity index (χ0) is 25.5. The SMILES string of the molecule is Cc1cc(C(C)Nc2ccccc2C(=O)O)c2nc(N3CCC(F)(F)[C@H](C)C3)c(C#N)c(=O)n2c1. The summed E-state index contributed by atoms with van der Waals surface area (Å²) in [6.45, 7) is 4.97. The minimum absolute atomic E-state index is 0.0321. The highest BCUT2D eigenvalue weighted by Crippen LogP contribution is 2.35. The van der Waals surface area contributed by atoms with Gasteiger partial charge in [0.05, 0.1) is 11.6 Å². The van der Waals surface area contributed by atoms with E-state index in [0.717, 1.165) is 5.56 Å². The Morgan fingerprint density at radius 3 is 2.74 bits per heavy atom. The third-order valence-electron chi connectivity index (χ3n) is 6.41. The molecule has 8 nitrogen and oxygen atoms in total. The predicted octanol–water partition coefficient (Wildman–Crippen LogP) is 4.23. The third kappa shape index (κ3) is 4.41. The highest BCUT2D eigenvalue weighted by Gasteiger charge is 2.42. The summed E-state index contributed by atoms with van der Waals surface area (Å²) in [4.78, 5) is 31.1. The van der Waals surface area contributed by atoms with E-state index in [9.17, 15) is 28.7 Å². The number of piperidine rings is 1. The molecule has 1 fully saturated rings. The number of halogens is 2. The molecule has 3 aromatic rings. The van der Waals surface area contributed by atoms with Crippen LogP contribution < -0.4 is 15.8 Å². The Kier molecular flexibility index (Phi) is 6.19. The van der Waals surface area contributed by atoms with Crippen molar-refractivity contribution in [3.8, 4) is 6.07 Å². The fourth-order valence-corrected chi connectivity index (χ4v) is 4.43. The molecule has 1 aliphatic rings. The van der Waals surface area contributed by atoms with E-state index in [4.69, 9.17) is 0 Å². The van der Waals surface area contributed by atoms with Gasteiger partial charge in [-0.05, 0) is 37.6 Å². The van der Waals surface area contributed by atoms with Crippen LogP contribution in [0.25, 0.3) is 5.65 Å². The summed E-state index contributed by atoms with van der Waals surface area (Å²) in [5.41, 5.74) is 1.32. The minimum Gasteiger partial charge on any atom is -0.478 e. The first kappa shape index (κ1) is 24.1. The summed E-state index contributed by atoms with van der Waals surface area (Å²) < 4.78 is 29.5. The summed E-state index contributed by atoms with van der Waals surface area (Å²) in [6, 6.07) is 9.73. The molecule has 1 saturated heterocycles. The summed E-state index contributed by atoms with van der Waals surface area (Å²) in [7, 11) is 0. The van der Waals surface area contributed by atoms with Gasteiger partial charge in [0.2, 0.25) is 0 Å². The maximum atomic E-state index is 14.1. The van der Waals surface area contributed by atoms with E-state index in [1.807, 2.05) is 12.1 Å². The average molecular weight is 482 g/mol. The summed E-state index contributed by atoms with van der Waals surface area (Å²) in [5.74, 6) is -4.79. The highest BCUT2D eigenvalue weighted by molar-refractivity contribution is 5.94. The maximum Gasteiger partial charge on any atom is 0.337 e. The van der Waals surface area contributed by atoms with Gasteiger partial charge in [0.1, 0.15) is 11.7 Å². The Morgan fingerprint density at radius 2 is 2.09 bits per heavy atom. The van der Waals surface area contributed by atoms with Crippen molar-refractivity contribution in [3.63, 3.8) is 0 Å². The summed E-state index contributed by atoms with van der Waals surface area (Å²) >= 11 is 0. The maximum absolute atomic E-state index is 14.1. The molecule has 1 aliphatic heterocycles. The van der Waals surface area contributed by atoms with Gasteiger partial charge >= 0.3 is 5.97 Å². The van der Waals surface area contributed by atoms with E-state index in [1.165, 1.54) is 17.4 Å². The predicted molar refractivity (Wildman–Crippen MR) is 127 cm³/mol. The first-order valence-corrected chi connectivity index (χ1v) is 11.2. The van der Waals surface area contributed by atoms with Crippen LogP contribution in [0.3, 0.4) is 0 Å². The lowest BCUT2D eigenvalue weighted by molar-refractivity contribution is -0.0652. The molecule has 35 heavy (non-hydrogen) atoms. The number of pyridine rings is 1. The van der Waals surface area contributed by atoms with Crippen molar-refractivity contribution in [3.05, 3.63) is 69.1 Å². The number of carbonyl (C=O) groups is 1. The fourth-order valence-electron chi connectivity index (χ4n) is 4.43. The zero-order valence-electron chi connectivity index (χ0n) is 19.5. The van der Waals surface area contributed by atoms with E-state index in [0.29, 0.717) is 11.3 Å². The number of benzene rings is 1. The first-order chi connectivity index (χ1) is 16.5. The normalized spacial score (nSPS) is 18.2. The number of nitrogens with zero attached hydrogens (tertiary/aromatic N) is 4. The van der Waals surface area contributed by atoms with Crippen molar-refractivity contribution in [1.29, 1.82) is 5.26 Å². The lowest BCUT2D eigenvalue weighted by Gasteiger charge is -2.37. The second kappa shape index (κ2) is 8.98. The van der Waals surface area contributed by atoms with E-state index in [2.05, 4.69) is 10.3 Å². The first-order valence-electron chi connectivity index (χ1n) is 11.2. The number of anilines is 2. The Balaban J connectivity index is 1.84. The van der Waals surface area contributed by atoms with E-state index in [-0.39, 0.29) is 35.7 Å². The van der Waals surface area contributed by atoms with Crippen molar-refractivity contribution < 1.29 is 18.7 Å². The van der Waals surface area contributed by atoms with Gasteiger partial charge in [-0.3, -0.25) is 9.20 Å². The molecule has 10 heteroatoms. The van der Waals surface area contributed by atoms with Crippen LogP contribution in [0.15, 0.2) is 41.3 Å². The van der Waals surface area contributed by atoms with Crippen LogP contribution in [-0.4, -0.2) is 39.5 Å². The van der Waals surface area contributed by atoms with Crippen molar-refractivity contribution >= 4 is 23.1 Å². The molecule has 182 valence electrons. The number of carboxylic acids is 1. The van der Waals surface area contributed by atoms with Gasteiger partial charge in [-0.2, -0.15) is 5.26 Å². The Morgan fingerprint density at radius 1 is 1.37 bits per heavy atom. The largest absolute Gasteiger partial charge is 0.478 e. The number of aromatic nitrogens is 2. The molecule has 4 rings (SSSR count). The van der Waals surface area contributed by atoms with Crippen LogP contribution in [0.4, 0.5) is 20.3 Å². The van der Waals surface area contributed by atoms with E-state index < -0.39 is 35.8 Å². The van der Waals surface area contributed by atoms with Crippen LogP contribution in [0.2, 0.25) is 0 Å². The molecule has 2 aromatic heterocycles. The number of alkyl halides is 2. The zero-order valence-corrected chi connectivity index (χ0v) is 19.5. The van der Waals surface area contributed by atoms with Crippen LogP contribution in [-0.2, 0) is 0 Å². The number of hydrogen-bond acceptors (Lipinski definition) is 6. The number of hydrogen-bond donors (Lipinski definition) is 2. The van der Waals surface area contributed by atoms with Crippen molar-refractivity contribution in [1.82, 2.24) is 9.38 Å². The highest BCUT2D eigenvalue weighted by atomic mass is 19.3. The minimum atomic E-state index is -2.83. The molecule has 0 bridgehead atoms. The molecular weight excluding hydrogens is 456 g/mol. The topological polar surface area (TPSA) is 111 Å². The van der Waals surface area contributed by atoms with Gasteiger partial charge in [-0.1, -0.05) is 19.1 Å². The molecule has 0 aliphatic carbocycles. The number of aryl methyl sites for hydroxylation is 1. The van der Waals surface area contributed by atoms with Crippen LogP contribution in [0.1, 0.15) is 53.4 Å². The number of nitrogens with one attached hydrogen (secondary N) is 1. The van der Waals surface area contributed by atoms with Gasteiger partial charge in [0.15, 0.2) is 11.4 Å². The molecule has 0 saturated carbocycles. The third-order valence-corrected chi connectivity index (χ3v) is 6.41. The van der Waals surface area contributed by atoms with Gasteiger partial charge in [0, 0.05) is 42.9 Å². The molecule has 0 spiro atoms. The second-order valence-electron chi connectivity index (χ2n) is 8.97. The Hall–Kier alpha value is -4.00. The molecule has 0 radical (unpaired) electrons. The monoisotopic (exact) mass is 481 g/mol. The summed E-state index contributed by atoms with van der Waals surface area (Å²) in [6.07, 6.45) is 1.18. The standard InChI is InChI=1S/C25H25F2N5O3/c1-14-10-18(16(3)29-20-7-5-4-6-17(20)24(34)35)22-30-21(19(11-28)23(33)32(22)12-14)31-9-8-25(26,27)15(2)13-31/h4-7,10,12,15-16,29H,8-9,13H2,1-3H3,(H,34,35)/t15-,16?/m1/s1. The van der Waals surface area contributed by atoms with Crippen LogP contribution >= 0.6 is 0 Å². The van der Waals surface area contributed by atoms with Crippen molar-refractivity contribution in [2.45, 2.75) is 39.2 Å². The van der Waals surface area contributed by atoms with Crippen molar-refractivity contribution in [2.24, 2.45) is 5.92 Å². The van der Waals surface area contributed by atoms with Crippen LogP contribution in [0.5, 0.6) is 0 Å². The average Bonchev–Trinajstić information content (AvgIpc) is 2.81. The van der Waals surface area contributed by atoms with E-state index in [1.54, 1.807) is 43.1 Å². The van der Waals surface area contributed by atoms with Gasteiger partial charge < -0.3 is 15.3 Å². The van der Waals surface area contributed by atoms with Gasteiger partial charge in [-0.15, -0.1) is 0 Å². The number of para-hydroxylation sites is 1. The molecule has 3 heterocycles. The van der Waals surface area contributed by atoms with Crippen molar-refractivity contribution in [2.75, 3.05) is 23.3 Å². The molecule has 2 N–H and O–H groups in total.